The van der Waals surface area contributed by atoms with Crippen LogP contribution in [0.15, 0.2) is 24.3 Å². The molecular weight excluding hydrogens is 292 g/mol. The van der Waals surface area contributed by atoms with Crippen LogP contribution in [0.25, 0.3) is 6.08 Å². The van der Waals surface area contributed by atoms with Crippen molar-refractivity contribution in [3.05, 3.63) is 29.8 Å². The van der Waals surface area contributed by atoms with Crippen LogP contribution < -0.4 is 9.47 Å². The zero-order valence-corrected chi connectivity index (χ0v) is 14.5. The van der Waals surface area contributed by atoms with Crippen molar-refractivity contribution in [3.63, 3.8) is 0 Å². The molecule has 1 aliphatic rings. The Kier molecular flexibility index (Phi) is 6.93. The minimum absolute atomic E-state index is 0.257. The van der Waals surface area contributed by atoms with E-state index < -0.39 is 0 Å². The van der Waals surface area contributed by atoms with E-state index in [0.717, 1.165) is 49.7 Å². The van der Waals surface area contributed by atoms with Crippen LogP contribution in [-0.2, 0) is 9.47 Å². The topological polar surface area (TPSA) is 36.9 Å². The molecule has 0 unspecified atom stereocenters. The van der Waals surface area contributed by atoms with E-state index in [4.69, 9.17) is 18.9 Å². The Bertz CT molecular complexity index is 501. The average Bonchev–Trinajstić information content (AvgIpc) is 2.54. The van der Waals surface area contributed by atoms with E-state index >= 15 is 0 Å². The maximum atomic E-state index is 5.81. The van der Waals surface area contributed by atoms with Crippen LogP contribution in [0.5, 0.6) is 11.5 Å². The fraction of sp³-hybridized carbons (Fsp3) is 0.579. The lowest BCUT2D eigenvalue weighted by molar-refractivity contribution is -0.150. The molecular formula is C19H28O4. The highest BCUT2D eigenvalue weighted by atomic mass is 16.5. The van der Waals surface area contributed by atoms with Crippen molar-refractivity contribution < 1.29 is 18.9 Å². The molecule has 0 aromatic heterocycles. The van der Waals surface area contributed by atoms with Gasteiger partial charge < -0.3 is 18.9 Å². The van der Waals surface area contributed by atoms with Crippen molar-refractivity contribution >= 4 is 6.08 Å². The van der Waals surface area contributed by atoms with Crippen molar-refractivity contribution in [1.82, 2.24) is 0 Å². The minimum Gasteiger partial charge on any atom is -0.493 e. The third-order valence-electron chi connectivity index (χ3n) is 4.21. The van der Waals surface area contributed by atoms with Gasteiger partial charge in [0, 0.05) is 18.4 Å². The number of benzene rings is 1. The molecule has 1 aromatic carbocycles. The first kappa shape index (κ1) is 17.8. The van der Waals surface area contributed by atoms with Crippen LogP contribution in [0.4, 0.5) is 0 Å². The summed E-state index contributed by atoms with van der Waals surface area (Å²) in [7, 11) is 1.66. The van der Waals surface area contributed by atoms with Crippen molar-refractivity contribution in [2.24, 2.45) is 5.41 Å². The summed E-state index contributed by atoms with van der Waals surface area (Å²) in [5.41, 5.74) is 1.36. The molecule has 0 radical (unpaired) electrons. The molecule has 0 aliphatic carbocycles. The summed E-state index contributed by atoms with van der Waals surface area (Å²) < 4.78 is 22.3. The number of hydrogen-bond donors (Lipinski definition) is 0. The number of allylic oxidation sites excluding steroid dienone is 1. The minimum atomic E-state index is 0.257. The Morgan fingerprint density at radius 3 is 2.65 bits per heavy atom. The third-order valence-corrected chi connectivity index (χ3v) is 4.21. The summed E-state index contributed by atoms with van der Waals surface area (Å²) in [4.78, 5) is 0. The van der Waals surface area contributed by atoms with Gasteiger partial charge in [-0.15, -0.1) is 0 Å². The van der Waals surface area contributed by atoms with Crippen LogP contribution in [0.2, 0.25) is 0 Å². The highest BCUT2D eigenvalue weighted by molar-refractivity contribution is 5.55. The smallest absolute Gasteiger partial charge is 0.161 e. The first-order chi connectivity index (χ1) is 11.2. The molecule has 1 fully saturated rings. The van der Waals surface area contributed by atoms with Crippen molar-refractivity contribution in [2.75, 3.05) is 40.1 Å². The first-order valence-corrected chi connectivity index (χ1v) is 8.32. The Labute approximate surface area is 139 Å². The molecule has 2 rings (SSSR count). The standard InChI is InChI=1S/C19H28O4/c1-4-7-16-8-9-17(18(12-16)20-3)23-11-6-10-21-13-19(5-2)14-22-15-19/h4,7-9,12H,5-6,10-11,13-15H2,1-3H3/b7-4+. The van der Waals surface area contributed by atoms with Crippen LogP contribution in [0, 0.1) is 5.41 Å². The molecule has 4 nitrogen and oxygen atoms in total. The lowest BCUT2D eigenvalue weighted by Gasteiger charge is -2.40. The van der Waals surface area contributed by atoms with E-state index in [1.807, 2.05) is 37.3 Å². The van der Waals surface area contributed by atoms with E-state index in [9.17, 15) is 0 Å². The fourth-order valence-electron chi connectivity index (χ4n) is 2.51. The molecule has 4 heteroatoms. The molecule has 0 bridgehead atoms. The van der Waals surface area contributed by atoms with Gasteiger partial charge in [-0.05, 0) is 31.0 Å². The van der Waals surface area contributed by atoms with E-state index in [1.165, 1.54) is 0 Å². The Morgan fingerprint density at radius 2 is 2.04 bits per heavy atom. The third kappa shape index (κ3) is 4.98. The van der Waals surface area contributed by atoms with E-state index in [1.54, 1.807) is 7.11 Å². The molecule has 1 aromatic rings. The quantitative estimate of drug-likeness (QED) is 0.612. The molecule has 0 N–H and O–H groups in total. The molecule has 0 atom stereocenters. The normalized spacial score (nSPS) is 16.3. The van der Waals surface area contributed by atoms with E-state index in [2.05, 4.69) is 6.92 Å². The Hall–Kier alpha value is -1.52. The van der Waals surface area contributed by atoms with E-state index in [-0.39, 0.29) is 5.41 Å². The summed E-state index contributed by atoms with van der Waals surface area (Å²) in [6.45, 7) is 7.96. The predicted octanol–water partition coefficient (Wildman–Crippen LogP) is 3.94. The number of ether oxygens (including phenoxy) is 4. The number of methoxy groups -OCH3 is 1. The molecule has 23 heavy (non-hydrogen) atoms. The maximum absolute atomic E-state index is 5.81. The molecule has 1 aliphatic heterocycles. The van der Waals surface area contributed by atoms with Crippen LogP contribution in [-0.4, -0.2) is 40.1 Å². The van der Waals surface area contributed by atoms with Crippen molar-refractivity contribution in [2.45, 2.75) is 26.7 Å². The van der Waals surface area contributed by atoms with Gasteiger partial charge in [0.1, 0.15) is 0 Å². The second kappa shape index (κ2) is 8.94. The van der Waals surface area contributed by atoms with Gasteiger partial charge in [0.05, 0.1) is 33.5 Å². The lowest BCUT2D eigenvalue weighted by atomic mass is 9.84. The Morgan fingerprint density at radius 1 is 1.22 bits per heavy atom. The second-order valence-electron chi connectivity index (χ2n) is 6.01. The second-order valence-corrected chi connectivity index (χ2v) is 6.01. The first-order valence-electron chi connectivity index (χ1n) is 8.32. The predicted molar refractivity (Wildman–Crippen MR) is 92.2 cm³/mol. The molecule has 0 amide bonds. The summed E-state index contributed by atoms with van der Waals surface area (Å²) in [6.07, 6.45) is 6.01. The number of rotatable bonds is 10. The largest absolute Gasteiger partial charge is 0.493 e. The summed E-state index contributed by atoms with van der Waals surface area (Å²) in [5, 5.41) is 0. The molecule has 1 saturated heterocycles. The lowest BCUT2D eigenvalue weighted by Crippen LogP contribution is -2.45. The molecule has 1 heterocycles. The SMILES string of the molecule is C/C=C/c1ccc(OCCCOCC2(CC)COC2)c(OC)c1. The van der Waals surface area contributed by atoms with Gasteiger partial charge in [0.25, 0.3) is 0 Å². The summed E-state index contributed by atoms with van der Waals surface area (Å²) >= 11 is 0. The van der Waals surface area contributed by atoms with Crippen LogP contribution in [0.1, 0.15) is 32.3 Å². The average molecular weight is 320 g/mol. The zero-order valence-electron chi connectivity index (χ0n) is 14.5. The maximum Gasteiger partial charge on any atom is 0.161 e. The van der Waals surface area contributed by atoms with Gasteiger partial charge in [-0.3, -0.25) is 0 Å². The van der Waals surface area contributed by atoms with Gasteiger partial charge in [-0.2, -0.15) is 0 Å². The van der Waals surface area contributed by atoms with Crippen LogP contribution in [0.3, 0.4) is 0 Å². The highest BCUT2D eigenvalue weighted by Gasteiger charge is 2.36. The van der Waals surface area contributed by atoms with Crippen molar-refractivity contribution in [3.8, 4) is 11.5 Å². The van der Waals surface area contributed by atoms with Gasteiger partial charge in [-0.1, -0.05) is 25.1 Å². The van der Waals surface area contributed by atoms with Gasteiger partial charge >= 0.3 is 0 Å². The molecule has 0 spiro atoms. The zero-order chi connectivity index (χ0) is 16.5. The highest BCUT2D eigenvalue weighted by Crippen LogP contribution is 2.31. The van der Waals surface area contributed by atoms with Gasteiger partial charge in [-0.25, -0.2) is 0 Å². The van der Waals surface area contributed by atoms with Crippen molar-refractivity contribution in [1.29, 1.82) is 0 Å². The monoisotopic (exact) mass is 320 g/mol. The van der Waals surface area contributed by atoms with Gasteiger partial charge in [0.2, 0.25) is 0 Å². The summed E-state index contributed by atoms with van der Waals surface area (Å²) in [5.74, 6) is 1.54. The Balaban J connectivity index is 1.69. The molecule has 128 valence electrons. The summed E-state index contributed by atoms with van der Waals surface area (Å²) in [6, 6.07) is 5.95. The fourth-order valence-corrected chi connectivity index (χ4v) is 2.51. The van der Waals surface area contributed by atoms with Gasteiger partial charge in [0.15, 0.2) is 11.5 Å². The van der Waals surface area contributed by atoms with E-state index in [0.29, 0.717) is 13.2 Å². The molecule has 0 saturated carbocycles. The number of hydrogen-bond acceptors (Lipinski definition) is 4. The van der Waals surface area contributed by atoms with Crippen LogP contribution >= 0.6 is 0 Å².